The Balaban J connectivity index is 2.51. The average Bonchev–Trinajstić information content (AvgIpc) is 1.85. The van der Waals surface area contributed by atoms with Gasteiger partial charge in [0.2, 0.25) is 6.29 Å². The molecule has 0 aliphatic carbocycles. The third-order valence-electron chi connectivity index (χ3n) is 1.01. The zero-order valence-electron chi connectivity index (χ0n) is 4.88. The van der Waals surface area contributed by atoms with E-state index < -0.39 is 0 Å². The van der Waals surface area contributed by atoms with E-state index in [1.807, 2.05) is 0 Å². The summed E-state index contributed by atoms with van der Waals surface area (Å²) in [6, 6.07) is 0. The van der Waals surface area contributed by atoms with Gasteiger partial charge in [-0.3, -0.25) is 0 Å². The van der Waals surface area contributed by atoms with Gasteiger partial charge < -0.3 is 9.47 Å². The molecule has 0 bridgehead atoms. The molecule has 0 aromatic heterocycles. The van der Waals surface area contributed by atoms with Crippen LogP contribution in [0.5, 0.6) is 0 Å². The predicted molar refractivity (Wildman–Crippen MR) is 26.1 cm³/mol. The van der Waals surface area contributed by atoms with E-state index in [9.17, 15) is 4.79 Å². The number of esters is 1. The maximum atomic E-state index is 10.4. The zero-order chi connectivity index (χ0) is 6.15. The minimum absolute atomic E-state index is 0.266. The molecule has 1 aliphatic rings. The van der Waals surface area contributed by atoms with Gasteiger partial charge in [-0.2, -0.15) is 0 Å². The molecule has 0 unspecified atom stereocenters. The Labute approximate surface area is 47.6 Å². The van der Waals surface area contributed by atoms with E-state index in [0.717, 1.165) is 0 Å². The molecule has 1 rings (SSSR count). The lowest BCUT2D eigenvalue weighted by Crippen LogP contribution is -2.09. The van der Waals surface area contributed by atoms with Gasteiger partial charge in [-0.15, -0.1) is 0 Å². The largest absolute Gasteiger partial charge is 0.434 e. The van der Waals surface area contributed by atoms with Crippen LogP contribution in [0.4, 0.5) is 0 Å². The monoisotopic (exact) mass is 116 g/mol. The van der Waals surface area contributed by atoms with Crippen LogP contribution in [-0.2, 0) is 14.3 Å². The molecular weight excluding hydrogens is 108 g/mol. The molecule has 46 valence electrons. The summed E-state index contributed by atoms with van der Waals surface area (Å²) in [7, 11) is 0. The summed E-state index contributed by atoms with van der Waals surface area (Å²) in [5.74, 6) is -0.266. The number of ether oxygens (including phenoxy) is 2. The van der Waals surface area contributed by atoms with Crippen molar-refractivity contribution in [2.75, 3.05) is 0 Å². The topological polar surface area (TPSA) is 35.5 Å². The van der Waals surface area contributed by atoms with Crippen LogP contribution in [0.2, 0.25) is 0 Å². The van der Waals surface area contributed by atoms with E-state index in [0.29, 0.717) is 0 Å². The van der Waals surface area contributed by atoms with Crippen LogP contribution in [0.1, 0.15) is 13.8 Å². The van der Waals surface area contributed by atoms with Gasteiger partial charge in [0.1, 0.15) is 0 Å². The SMILES string of the molecule is C[C@H]1OC(=O)[C@H](C)O1. The highest BCUT2D eigenvalue weighted by molar-refractivity contribution is 5.75. The molecule has 0 aromatic rings. The Morgan fingerprint density at radius 1 is 1.50 bits per heavy atom. The Morgan fingerprint density at radius 2 is 2.12 bits per heavy atom. The maximum Gasteiger partial charge on any atom is 0.337 e. The van der Waals surface area contributed by atoms with Crippen LogP contribution in [0, 0.1) is 0 Å². The van der Waals surface area contributed by atoms with Gasteiger partial charge in [0, 0.05) is 0 Å². The quantitative estimate of drug-likeness (QED) is 0.427. The van der Waals surface area contributed by atoms with E-state index in [4.69, 9.17) is 4.74 Å². The minimum atomic E-state index is -0.370. The van der Waals surface area contributed by atoms with Gasteiger partial charge in [-0.05, 0) is 13.8 Å². The van der Waals surface area contributed by atoms with Crippen molar-refractivity contribution >= 4 is 5.97 Å². The molecule has 0 radical (unpaired) electrons. The number of hydrogen-bond acceptors (Lipinski definition) is 3. The van der Waals surface area contributed by atoms with Crippen LogP contribution in [0.3, 0.4) is 0 Å². The van der Waals surface area contributed by atoms with Gasteiger partial charge in [0.05, 0.1) is 0 Å². The van der Waals surface area contributed by atoms with Crippen molar-refractivity contribution < 1.29 is 14.3 Å². The molecule has 0 N–H and O–H groups in total. The molecule has 3 nitrogen and oxygen atoms in total. The van der Waals surface area contributed by atoms with Crippen molar-refractivity contribution in [3.8, 4) is 0 Å². The molecule has 0 saturated carbocycles. The maximum absolute atomic E-state index is 10.4. The molecule has 1 saturated heterocycles. The van der Waals surface area contributed by atoms with Crippen molar-refractivity contribution in [3.63, 3.8) is 0 Å². The van der Waals surface area contributed by atoms with E-state index in [1.54, 1.807) is 13.8 Å². The Bertz CT molecular complexity index is 110. The average molecular weight is 116 g/mol. The molecule has 1 fully saturated rings. The minimum Gasteiger partial charge on any atom is -0.434 e. The van der Waals surface area contributed by atoms with Gasteiger partial charge in [0.15, 0.2) is 6.10 Å². The molecule has 8 heavy (non-hydrogen) atoms. The van der Waals surface area contributed by atoms with E-state index >= 15 is 0 Å². The fraction of sp³-hybridized carbons (Fsp3) is 0.800. The van der Waals surface area contributed by atoms with Crippen molar-refractivity contribution in [3.05, 3.63) is 0 Å². The smallest absolute Gasteiger partial charge is 0.337 e. The van der Waals surface area contributed by atoms with Gasteiger partial charge >= 0.3 is 5.97 Å². The first-order chi connectivity index (χ1) is 3.70. The normalized spacial score (nSPS) is 37.5. The molecule has 2 atom stereocenters. The fourth-order valence-electron chi connectivity index (χ4n) is 0.630. The molecule has 0 spiro atoms. The zero-order valence-corrected chi connectivity index (χ0v) is 4.88. The van der Waals surface area contributed by atoms with Crippen molar-refractivity contribution in [1.29, 1.82) is 0 Å². The first-order valence-electron chi connectivity index (χ1n) is 2.56. The number of cyclic esters (lactones) is 1. The molecule has 1 aliphatic heterocycles. The lowest BCUT2D eigenvalue weighted by molar-refractivity contribution is -0.142. The summed E-state index contributed by atoms with van der Waals surface area (Å²) < 4.78 is 9.51. The van der Waals surface area contributed by atoms with E-state index in [-0.39, 0.29) is 18.4 Å². The van der Waals surface area contributed by atoms with E-state index in [1.165, 1.54) is 0 Å². The Hall–Kier alpha value is -0.570. The molecular formula is C5H8O3. The molecule has 0 amide bonds. The Kier molecular flexibility index (Phi) is 1.21. The van der Waals surface area contributed by atoms with Gasteiger partial charge in [-0.1, -0.05) is 0 Å². The van der Waals surface area contributed by atoms with E-state index in [2.05, 4.69) is 4.74 Å². The second kappa shape index (κ2) is 1.74. The van der Waals surface area contributed by atoms with Crippen molar-refractivity contribution in [1.82, 2.24) is 0 Å². The van der Waals surface area contributed by atoms with Crippen LogP contribution in [0.15, 0.2) is 0 Å². The summed E-state index contributed by atoms with van der Waals surface area (Å²) in [5.41, 5.74) is 0. The second-order valence-electron chi connectivity index (χ2n) is 1.78. The van der Waals surface area contributed by atoms with Gasteiger partial charge in [0.25, 0.3) is 0 Å². The number of carbonyl (C=O) groups excluding carboxylic acids is 1. The summed E-state index contributed by atoms with van der Waals surface area (Å²) in [5, 5.41) is 0. The lowest BCUT2D eigenvalue weighted by atomic mass is 10.4. The molecule has 1 heterocycles. The Morgan fingerprint density at radius 3 is 2.25 bits per heavy atom. The lowest BCUT2D eigenvalue weighted by Gasteiger charge is -1.96. The second-order valence-corrected chi connectivity index (χ2v) is 1.78. The van der Waals surface area contributed by atoms with Crippen LogP contribution >= 0.6 is 0 Å². The standard InChI is InChI=1S/C5H8O3/c1-3-5(6)8-4(2)7-3/h3-4H,1-2H3/t3-,4+/m0/s1. The first-order valence-corrected chi connectivity index (χ1v) is 2.56. The summed E-state index contributed by atoms with van der Waals surface area (Å²) in [6.45, 7) is 3.37. The van der Waals surface area contributed by atoms with Crippen molar-refractivity contribution in [2.45, 2.75) is 26.2 Å². The van der Waals surface area contributed by atoms with Gasteiger partial charge in [-0.25, -0.2) is 4.79 Å². The highest BCUT2D eigenvalue weighted by atomic mass is 16.7. The first kappa shape index (κ1) is 5.56. The molecule has 0 aromatic carbocycles. The third kappa shape index (κ3) is 0.816. The fourth-order valence-corrected chi connectivity index (χ4v) is 0.630. The summed E-state index contributed by atoms with van der Waals surface area (Å²) in [4.78, 5) is 10.4. The highest BCUT2D eigenvalue weighted by Crippen LogP contribution is 2.10. The van der Waals surface area contributed by atoms with Crippen LogP contribution < -0.4 is 0 Å². The third-order valence-corrected chi connectivity index (χ3v) is 1.01. The number of hydrogen-bond donors (Lipinski definition) is 0. The number of carbonyl (C=O) groups is 1. The molecule has 3 heteroatoms. The highest BCUT2D eigenvalue weighted by Gasteiger charge is 2.27. The van der Waals surface area contributed by atoms with Crippen molar-refractivity contribution in [2.24, 2.45) is 0 Å². The number of rotatable bonds is 0. The summed E-state index contributed by atoms with van der Waals surface area (Å²) in [6.07, 6.45) is -0.720. The van der Waals surface area contributed by atoms with Crippen LogP contribution in [-0.4, -0.2) is 18.4 Å². The predicted octanol–water partition coefficient (Wildman–Crippen LogP) is 0.294. The summed E-state index contributed by atoms with van der Waals surface area (Å²) >= 11 is 0. The van der Waals surface area contributed by atoms with Crippen LogP contribution in [0.25, 0.3) is 0 Å².